The van der Waals surface area contributed by atoms with Crippen LogP contribution < -0.4 is 14.8 Å². The molecule has 1 saturated carbocycles. The maximum atomic E-state index is 13.2. The summed E-state index contributed by atoms with van der Waals surface area (Å²) in [6.07, 6.45) is 4.32. The lowest BCUT2D eigenvalue weighted by atomic mass is 10.0. The summed E-state index contributed by atoms with van der Waals surface area (Å²) >= 11 is 0. The first-order valence-electron chi connectivity index (χ1n) is 11.7. The molecule has 0 bridgehead atoms. The lowest BCUT2D eigenvalue weighted by molar-refractivity contribution is 0.0930. The SMILES string of the molecule is COc1ccc(C(=O)NC(CC(C)C)c2nc3ccccc3[nH]2)cc1S(=O)(=O)NC1CCCC1. The van der Waals surface area contributed by atoms with Crippen LogP contribution in [0.15, 0.2) is 47.4 Å². The number of fused-ring (bicyclic) bond motifs is 1. The number of hydrogen-bond acceptors (Lipinski definition) is 5. The van der Waals surface area contributed by atoms with Crippen molar-refractivity contribution < 1.29 is 17.9 Å². The van der Waals surface area contributed by atoms with Crippen LogP contribution in [0.25, 0.3) is 11.0 Å². The van der Waals surface area contributed by atoms with E-state index in [1.54, 1.807) is 6.07 Å². The van der Waals surface area contributed by atoms with Gasteiger partial charge in [0.1, 0.15) is 16.5 Å². The van der Waals surface area contributed by atoms with Crippen LogP contribution in [0, 0.1) is 5.92 Å². The van der Waals surface area contributed by atoms with Crippen LogP contribution in [-0.4, -0.2) is 37.4 Å². The molecule has 0 aliphatic heterocycles. The minimum absolute atomic E-state index is 0.0290. The number of ether oxygens (including phenoxy) is 1. The number of benzene rings is 2. The van der Waals surface area contributed by atoms with Crippen molar-refractivity contribution in [3.05, 3.63) is 53.9 Å². The second-order valence-electron chi connectivity index (χ2n) is 9.26. The Labute approximate surface area is 200 Å². The molecule has 0 saturated heterocycles. The van der Waals surface area contributed by atoms with Gasteiger partial charge in [-0.15, -0.1) is 0 Å². The molecule has 3 aromatic rings. The number of aromatic amines is 1. The fourth-order valence-electron chi connectivity index (χ4n) is 4.44. The zero-order valence-electron chi connectivity index (χ0n) is 19.8. The molecular weight excluding hydrogens is 452 g/mol. The van der Waals surface area contributed by atoms with Crippen LogP contribution in [-0.2, 0) is 10.0 Å². The summed E-state index contributed by atoms with van der Waals surface area (Å²) in [6.45, 7) is 4.16. The van der Waals surface area contributed by atoms with Crippen LogP contribution in [0.2, 0.25) is 0 Å². The summed E-state index contributed by atoms with van der Waals surface area (Å²) < 4.78 is 34.3. The number of carbonyl (C=O) groups excluding carboxylic acids is 1. The second-order valence-corrected chi connectivity index (χ2v) is 10.9. The van der Waals surface area contributed by atoms with Gasteiger partial charge >= 0.3 is 0 Å². The Bertz CT molecular complexity index is 1230. The number of H-pyrrole nitrogens is 1. The molecule has 1 aliphatic carbocycles. The standard InChI is InChI=1S/C25H32N4O4S/c1-16(2)14-21(24-26-19-10-6-7-11-20(19)27-24)28-25(30)17-12-13-22(33-3)23(15-17)34(31,32)29-18-8-4-5-9-18/h6-7,10-13,15-16,18,21,29H,4-5,8-9,14H2,1-3H3,(H,26,27)(H,28,30). The molecule has 2 aromatic carbocycles. The van der Waals surface area contributed by atoms with Gasteiger partial charge in [-0.1, -0.05) is 38.8 Å². The largest absolute Gasteiger partial charge is 0.495 e. The van der Waals surface area contributed by atoms with Gasteiger partial charge in [-0.25, -0.2) is 18.1 Å². The van der Waals surface area contributed by atoms with E-state index in [0.29, 0.717) is 18.2 Å². The van der Waals surface area contributed by atoms with Crippen molar-refractivity contribution in [1.29, 1.82) is 0 Å². The molecule has 3 N–H and O–H groups in total. The van der Waals surface area contributed by atoms with Crippen molar-refractivity contribution in [1.82, 2.24) is 20.0 Å². The number of rotatable bonds is 9. The Balaban J connectivity index is 1.61. The van der Waals surface area contributed by atoms with E-state index >= 15 is 0 Å². The van der Waals surface area contributed by atoms with Crippen molar-refractivity contribution in [2.75, 3.05) is 7.11 Å². The predicted molar refractivity (Wildman–Crippen MR) is 131 cm³/mol. The highest BCUT2D eigenvalue weighted by molar-refractivity contribution is 7.89. The van der Waals surface area contributed by atoms with Gasteiger partial charge in [-0.3, -0.25) is 4.79 Å². The van der Waals surface area contributed by atoms with Crippen LogP contribution in [0.3, 0.4) is 0 Å². The zero-order valence-corrected chi connectivity index (χ0v) is 20.6. The van der Waals surface area contributed by atoms with E-state index < -0.39 is 10.0 Å². The average molecular weight is 485 g/mol. The number of aromatic nitrogens is 2. The quantitative estimate of drug-likeness (QED) is 0.419. The van der Waals surface area contributed by atoms with Gasteiger partial charge in [0.15, 0.2) is 0 Å². The molecular formula is C25H32N4O4S. The number of methoxy groups -OCH3 is 1. The summed E-state index contributed by atoms with van der Waals surface area (Å²) in [4.78, 5) is 21.2. The number of carbonyl (C=O) groups is 1. The highest BCUT2D eigenvalue weighted by Crippen LogP contribution is 2.28. The Morgan fingerprint density at radius 3 is 2.59 bits per heavy atom. The van der Waals surface area contributed by atoms with Gasteiger partial charge in [0.2, 0.25) is 10.0 Å². The fourth-order valence-corrected chi connectivity index (χ4v) is 5.94. The molecule has 1 amide bonds. The van der Waals surface area contributed by atoms with E-state index in [1.165, 1.54) is 19.2 Å². The highest BCUT2D eigenvalue weighted by atomic mass is 32.2. The Hall–Kier alpha value is -2.91. The Morgan fingerprint density at radius 2 is 1.91 bits per heavy atom. The third-order valence-corrected chi connectivity index (χ3v) is 7.68. The van der Waals surface area contributed by atoms with Gasteiger partial charge in [0.25, 0.3) is 5.91 Å². The van der Waals surface area contributed by atoms with Crippen molar-refractivity contribution >= 4 is 27.0 Å². The fraction of sp³-hybridized carbons (Fsp3) is 0.440. The normalized spacial score (nSPS) is 15.6. The first-order chi connectivity index (χ1) is 16.3. The third kappa shape index (κ3) is 5.42. The number of para-hydroxylation sites is 2. The van der Waals surface area contributed by atoms with Gasteiger partial charge in [0, 0.05) is 11.6 Å². The molecule has 4 rings (SSSR count). The summed E-state index contributed by atoms with van der Waals surface area (Å²) in [5.74, 6) is 0.817. The topological polar surface area (TPSA) is 113 Å². The first-order valence-corrected chi connectivity index (χ1v) is 13.2. The van der Waals surface area contributed by atoms with E-state index in [9.17, 15) is 13.2 Å². The van der Waals surface area contributed by atoms with Crippen molar-refractivity contribution in [2.45, 2.75) is 62.9 Å². The molecule has 0 radical (unpaired) electrons. The first kappa shape index (κ1) is 24.2. The third-order valence-electron chi connectivity index (χ3n) is 6.14. The second kappa shape index (κ2) is 10.1. The number of imidazole rings is 1. The lowest BCUT2D eigenvalue weighted by Crippen LogP contribution is -2.33. The summed E-state index contributed by atoms with van der Waals surface area (Å²) in [5.41, 5.74) is 1.98. The minimum atomic E-state index is -3.83. The molecule has 1 heterocycles. The summed E-state index contributed by atoms with van der Waals surface area (Å²) in [6, 6.07) is 11.8. The lowest BCUT2D eigenvalue weighted by Gasteiger charge is -2.20. The molecule has 34 heavy (non-hydrogen) atoms. The van der Waals surface area contributed by atoms with E-state index in [-0.39, 0.29) is 34.2 Å². The minimum Gasteiger partial charge on any atom is -0.495 e. The van der Waals surface area contributed by atoms with E-state index in [0.717, 1.165) is 36.7 Å². The predicted octanol–water partition coefficient (Wildman–Crippen LogP) is 4.31. The molecule has 182 valence electrons. The van der Waals surface area contributed by atoms with E-state index in [1.807, 2.05) is 24.3 Å². The molecule has 1 aliphatic rings. The Kier molecular flexibility index (Phi) is 7.23. The van der Waals surface area contributed by atoms with Gasteiger partial charge in [-0.2, -0.15) is 0 Å². The van der Waals surface area contributed by atoms with Crippen molar-refractivity contribution in [3.8, 4) is 5.75 Å². The van der Waals surface area contributed by atoms with Crippen LogP contribution in [0.1, 0.15) is 68.2 Å². The number of nitrogens with zero attached hydrogens (tertiary/aromatic N) is 1. The van der Waals surface area contributed by atoms with Crippen LogP contribution >= 0.6 is 0 Å². The smallest absolute Gasteiger partial charge is 0.251 e. The summed E-state index contributed by atoms with van der Waals surface area (Å²) in [5, 5.41) is 3.04. The number of sulfonamides is 1. The maximum Gasteiger partial charge on any atom is 0.251 e. The van der Waals surface area contributed by atoms with Gasteiger partial charge < -0.3 is 15.0 Å². The van der Waals surface area contributed by atoms with E-state index in [2.05, 4.69) is 33.9 Å². The van der Waals surface area contributed by atoms with E-state index in [4.69, 9.17) is 4.74 Å². The molecule has 1 unspecified atom stereocenters. The zero-order chi connectivity index (χ0) is 24.3. The maximum absolute atomic E-state index is 13.2. The molecule has 9 heteroatoms. The van der Waals surface area contributed by atoms with Crippen molar-refractivity contribution in [3.63, 3.8) is 0 Å². The summed E-state index contributed by atoms with van der Waals surface area (Å²) in [7, 11) is -2.41. The molecule has 1 atom stereocenters. The Morgan fingerprint density at radius 1 is 1.18 bits per heavy atom. The molecule has 0 spiro atoms. The number of nitrogens with one attached hydrogen (secondary N) is 3. The van der Waals surface area contributed by atoms with Gasteiger partial charge in [0.05, 0.1) is 24.2 Å². The number of hydrogen-bond donors (Lipinski definition) is 3. The average Bonchev–Trinajstić information content (AvgIpc) is 3.47. The van der Waals surface area contributed by atoms with Crippen LogP contribution in [0.4, 0.5) is 0 Å². The molecule has 1 fully saturated rings. The molecule has 8 nitrogen and oxygen atoms in total. The highest BCUT2D eigenvalue weighted by Gasteiger charge is 2.27. The molecule has 1 aromatic heterocycles. The number of amides is 1. The van der Waals surface area contributed by atoms with Crippen molar-refractivity contribution in [2.24, 2.45) is 5.92 Å². The van der Waals surface area contributed by atoms with Crippen LogP contribution in [0.5, 0.6) is 5.75 Å². The monoisotopic (exact) mass is 484 g/mol. The van der Waals surface area contributed by atoms with Gasteiger partial charge in [-0.05, 0) is 55.5 Å².